The third kappa shape index (κ3) is 6.02. The summed E-state index contributed by atoms with van der Waals surface area (Å²) in [6.07, 6.45) is 3.75. The van der Waals surface area contributed by atoms with Gasteiger partial charge in [0.05, 0.1) is 7.11 Å². The molecule has 0 atom stereocenters. The Morgan fingerprint density at radius 1 is 0.964 bits per heavy atom. The molecule has 1 N–H and O–H groups in total. The van der Waals surface area contributed by atoms with Gasteiger partial charge < -0.3 is 19.3 Å². The lowest BCUT2D eigenvalue weighted by molar-refractivity contribution is -0.132. The van der Waals surface area contributed by atoms with Gasteiger partial charge in [-0.15, -0.1) is 0 Å². The summed E-state index contributed by atoms with van der Waals surface area (Å²) in [6.45, 7) is 2.29. The maximum absolute atomic E-state index is 11.9. The van der Waals surface area contributed by atoms with Gasteiger partial charge in [-0.05, 0) is 36.2 Å². The molecule has 3 rings (SSSR count). The van der Waals surface area contributed by atoms with E-state index in [1.807, 2.05) is 73.9 Å². The summed E-state index contributed by atoms with van der Waals surface area (Å²) >= 11 is 0. The molecule has 3 aromatic rings. The van der Waals surface area contributed by atoms with Crippen LogP contribution in [0.25, 0.3) is 0 Å². The molecule has 146 valence electrons. The lowest BCUT2D eigenvalue weighted by atomic mass is 10.0. The average molecular weight is 380 g/mol. The van der Waals surface area contributed by atoms with Crippen LogP contribution < -0.4 is 4.74 Å². The Morgan fingerprint density at radius 2 is 1.64 bits per heavy atom. The van der Waals surface area contributed by atoms with Gasteiger partial charge >= 0.3 is 5.97 Å². The van der Waals surface area contributed by atoms with Crippen LogP contribution in [0.2, 0.25) is 0 Å². The molecule has 0 amide bonds. The highest BCUT2D eigenvalue weighted by Crippen LogP contribution is 2.19. The second-order valence-electron chi connectivity index (χ2n) is 5.71. The number of rotatable bonds is 6. The lowest BCUT2D eigenvalue weighted by Gasteiger charge is -2.12. The van der Waals surface area contributed by atoms with Crippen LogP contribution in [0.5, 0.6) is 5.75 Å². The van der Waals surface area contributed by atoms with Gasteiger partial charge in [0, 0.05) is 18.0 Å². The van der Waals surface area contributed by atoms with Crippen molar-refractivity contribution in [2.24, 2.45) is 5.16 Å². The van der Waals surface area contributed by atoms with Crippen molar-refractivity contribution in [3.8, 4) is 5.75 Å². The summed E-state index contributed by atoms with van der Waals surface area (Å²) in [6, 6.07) is 19.0. The van der Waals surface area contributed by atoms with Crippen molar-refractivity contribution in [1.82, 2.24) is 4.98 Å². The Hall–Kier alpha value is -3.54. The quantitative estimate of drug-likeness (QED) is 0.397. The molecule has 6 heteroatoms. The number of benzene rings is 2. The Labute approximate surface area is 164 Å². The zero-order valence-electron chi connectivity index (χ0n) is 16.2. The summed E-state index contributed by atoms with van der Waals surface area (Å²) < 4.78 is 10.6. The van der Waals surface area contributed by atoms with E-state index in [4.69, 9.17) is 14.3 Å². The third-order valence-corrected chi connectivity index (χ3v) is 3.81. The summed E-state index contributed by atoms with van der Waals surface area (Å²) in [5, 5.41) is 3.78. The predicted molar refractivity (Wildman–Crippen MR) is 108 cm³/mol. The molecule has 6 nitrogen and oxygen atoms in total. The molecule has 1 aromatic heterocycles. The van der Waals surface area contributed by atoms with Crippen molar-refractivity contribution in [3.63, 3.8) is 0 Å². The van der Waals surface area contributed by atoms with E-state index in [1.165, 1.54) is 14.2 Å². The molecular weight excluding hydrogens is 356 g/mol. The van der Waals surface area contributed by atoms with Crippen molar-refractivity contribution in [1.29, 1.82) is 0 Å². The third-order valence-electron chi connectivity index (χ3n) is 3.81. The number of carbonyl (C=O) groups is 1. The van der Waals surface area contributed by atoms with Gasteiger partial charge in [-0.2, -0.15) is 0 Å². The molecule has 1 heterocycles. The van der Waals surface area contributed by atoms with Gasteiger partial charge in [-0.25, -0.2) is 4.79 Å². The topological polar surface area (TPSA) is 72.9 Å². The van der Waals surface area contributed by atoms with Gasteiger partial charge in [-0.1, -0.05) is 47.6 Å². The SMILES string of the molecule is CO/N=C(/C(=O)OC)c1ccccc1COc1ccccc1C.c1cc[nH]c1. The van der Waals surface area contributed by atoms with Gasteiger partial charge in [0.2, 0.25) is 0 Å². The molecule has 0 unspecified atom stereocenters. The maximum atomic E-state index is 11.9. The first-order valence-electron chi connectivity index (χ1n) is 8.71. The number of oxime groups is 1. The molecule has 0 aliphatic heterocycles. The molecule has 0 fully saturated rings. The first-order chi connectivity index (χ1) is 13.7. The average Bonchev–Trinajstić information content (AvgIpc) is 3.31. The molecule has 2 aromatic carbocycles. The van der Waals surface area contributed by atoms with E-state index in [1.54, 1.807) is 6.07 Å². The van der Waals surface area contributed by atoms with Crippen LogP contribution >= 0.6 is 0 Å². The molecule has 28 heavy (non-hydrogen) atoms. The van der Waals surface area contributed by atoms with Crippen LogP contribution in [-0.2, 0) is 21.0 Å². The standard InChI is InChI=1S/C18H19NO4.C4H5N/c1-13-8-4-7-11-16(13)23-12-14-9-5-6-10-15(14)17(19-22-3)18(20)21-2;1-2-4-5-3-1/h4-11H,12H2,1-3H3;1-5H/b19-17+;. The first kappa shape index (κ1) is 20.8. The van der Waals surface area contributed by atoms with E-state index in [2.05, 4.69) is 10.1 Å². The summed E-state index contributed by atoms with van der Waals surface area (Å²) in [5.41, 5.74) is 2.59. The molecule has 0 bridgehead atoms. The highest BCUT2D eigenvalue weighted by molar-refractivity contribution is 6.43. The molecule has 0 spiro atoms. The van der Waals surface area contributed by atoms with Gasteiger partial charge in [0.1, 0.15) is 19.5 Å². The second kappa shape index (κ2) is 11.2. The molecular formula is C22H24N2O4. The van der Waals surface area contributed by atoms with Crippen LogP contribution in [0.3, 0.4) is 0 Å². The van der Waals surface area contributed by atoms with Crippen molar-refractivity contribution < 1.29 is 19.1 Å². The fraction of sp³-hybridized carbons (Fsp3) is 0.182. The highest BCUT2D eigenvalue weighted by atomic mass is 16.6. The lowest BCUT2D eigenvalue weighted by Crippen LogP contribution is -2.19. The fourth-order valence-corrected chi connectivity index (χ4v) is 2.41. The van der Waals surface area contributed by atoms with E-state index >= 15 is 0 Å². The number of aryl methyl sites for hydroxylation is 1. The highest BCUT2D eigenvalue weighted by Gasteiger charge is 2.19. The molecule has 0 aliphatic carbocycles. The van der Waals surface area contributed by atoms with Crippen molar-refractivity contribution in [2.75, 3.05) is 14.2 Å². The second-order valence-corrected chi connectivity index (χ2v) is 5.71. The molecule has 0 aliphatic rings. The Morgan fingerprint density at radius 3 is 2.25 bits per heavy atom. The molecule has 0 saturated heterocycles. The van der Waals surface area contributed by atoms with Gasteiger partial charge in [-0.3, -0.25) is 0 Å². The number of H-pyrrole nitrogens is 1. The summed E-state index contributed by atoms with van der Waals surface area (Å²) in [5.74, 6) is 0.237. The maximum Gasteiger partial charge on any atom is 0.360 e. The molecule has 0 radical (unpaired) electrons. The number of aromatic amines is 1. The van der Waals surface area contributed by atoms with E-state index < -0.39 is 5.97 Å². The zero-order valence-corrected chi connectivity index (χ0v) is 16.2. The number of esters is 1. The smallest absolute Gasteiger partial charge is 0.360 e. The van der Waals surface area contributed by atoms with E-state index in [9.17, 15) is 4.79 Å². The van der Waals surface area contributed by atoms with Gasteiger partial charge in [0.15, 0.2) is 5.71 Å². The number of para-hydroxylation sites is 1. The number of ether oxygens (including phenoxy) is 2. The monoisotopic (exact) mass is 380 g/mol. The van der Waals surface area contributed by atoms with E-state index in [-0.39, 0.29) is 5.71 Å². The minimum Gasteiger partial charge on any atom is -0.489 e. The normalized spacial score (nSPS) is 10.5. The minimum absolute atomic E-state index is 0.110. The number of nitrogens with one attached hydrogen (secondary N) is 1. The number of methoxy groups -OCH3 is 1. The van der Waals surface area contributed by atoms with Crippen LogP contribution in [0, 0.1) is 6.92 Å². The van der Waals surface area contributed by atoms with Gasteiger partial charge in [0.25, 0.3) is 0 Å². The number of nitrogens with zero attached hydrogens (tertiary/aromatic N) is 1. The number of hydrogen-bond donors (Lipinski definition) is 1. The van der Waals surface area contributed by atoms with Crippen molar-refractivity contribution in [2.45, 2.75) is 13.5 Å². The van der Waals surface area contributed by atoms with Crippen LogP contribution in [0.1, 0.15) is 16.7 Å². The predicted octanol–water partition coefficient (Wildman–Crippen LogP) is 4.11. The number of hydrogen-bond acceptors (Lipinski definition) is 5. The largest absolute Gasteiger partial charge is 0.489 e. The van der Waals surface area contributed by atoms with Crippen molar-refractivity contribution >= 4 is 11.7 Å². The summed E-state index contributed by atoms with van der Waals surface area (Å²) in [7, 11) is 2.69. The van der Waals surface area contributed by atoms with Crippen LogP contribution in [0.4, 0.5) is 0 Å². The molecule has 0 saturated carbocycles. The van der Waals surface area contributed by atoms with Crippen LogP contribution in [0.15, 0.2) is 78.2 Å². The first-order valence-corrected chi connectivity index (χ1v) is 8.71. The minimum atomic E-state index is -0.560. The number of aromatic nitrogens is 1. The van der Waals surface area contributed by atoms with E-state index in [0.29, 0.717) is 12.2 Å². The van der Waals surface area contributed by atoms with E-state index in [0.717, 1.165) is 16.9 Å². The van der Waals surface area contributed by atoms with Crippen LogP contribution in [-0.4, -0.2) is 30.9 Å². The van der Waals surface area contributed by atoms with Crippen molar-refractivity contribution in [3.05, 3.63) is 89.7 Å². The Bertz CT molecular complexity index is 872. The number of carbonyl (C=O) groups excluding carboxylic acids is 1. The zero-order chi connectivity index (χ0) is 20.2. The Balaban J connectivity index is 0.000000485. The Kier molecular flexibility index (Phi) is 8.33. The summed E-state index contributed by atoms with van der Waals surface area (Å²) in [4.78, 5) is 19.5. The fourth-order valence-electron chi connectivity index (χ4n) is 2.41.